The Bertz CT molecular complexity index is 2650. The lowest BCUT2D eigenvalue weighted by atomic mass is 9.83. The molecule has 0 aliphatic carbocycles. The molecule has 9 rings (SSSR count). The average molecular weight is 588 g/mol. The van der Waals surface area contributed by atoms with Crippen LogP contribution < -0.4 is 0 Å². The lowest BCUT2D eigenvalue weighted by molar-refractivity contribution is 0.668. The highest BCUT2D eigenvalue weighted by atomic mass is 16.3. The van der Waals surface area contributed by atoms with Crippen molar-refractivity contribution < 1.29 is 8.83 Å². The molecule has 46 heavy (non-hydrogen) atoms. The quantitative estimate of drug-likeness (QED) is 0.206. The summed E-state index contributed by atoms with van der Waals surface area (Å²) >= 11 is 0. The maximum atomic E-state index is 9.75. The Balaban J connectivity index is 1.42. The van der Waals surface area contributed by atoms with Crippen molar-refractivity contribution in [2.45, 2.75) is 0 Å². The lowest BCUT2D eigenvalue weighted by Crippen LogP contribution is -1.94. The van der Waals surface area contributed by atoms with Gasteiger partial charge in [-0.05, 0) is 99.1 Å². The molecule has 0 aliphatic rings. The Kier molecular flexibility index (Phi) is 5.88. The van der Waals surface area contributed by atoms with Gasteiger partial charge >= 0.3 is 0 Å². The Hall–Kier alpha value is -6.37. The van der Waals surface area contributed by atoms with Gasteiger partial charge in [-0.2, -0.15) is 5.26 Å². The van der Waals surface area contributed by atoms with Gasteiger partial charge in [-0.1, -0.05) is 97.1 Å². The summed E-state index contributed by atoms with van der Waals surface area (Å²) in [6.07, 6.45) is 0. The third kappa shape index (κ3) is 4.13. The molecule has 3 heteroatoms. The Morgan fingerprint density at radius 1 is 0.391 bits per heavy atom. The molecule has 0 amide bonds. The van der Waals surface area contributed by atoms with Crippen molar-refractivity contribution in [1.82, 2.24) is 0 Å². The topological polar surface area (TPSA) is 50.1 Å². The van der Waals surface area contributed by atoms with Crippen LogP contribution >= 0.6 is 0 Å². The molecular weight excluding hydrogens is 562 g/mol. The van der Waals surface area contributed by atoms with Crippen LogP contribution in [0.5, 0.6) is 0 Å². The van der Waals surface area contributed by atoms with Crippen molar-refractivity contribution >= 4 is 43.9 Å². The lowest BCUT2D eigenvalue weighted by Gasteiger charge is -2.20. The molecule has 0 N–H and O–H groups in total. The van der Waals surface area contributed by atoms with Gasteiger partial charge < -0.3 is 8.83 Å². The zero-order valence-corrected chi connectivity index (χ0v) is 24.7. The third-order valence-corrected chi connectivity index (χ3v) is 8.91. The van der Waals surface area contributed by atoms with Crippen LogP contribution in [-0.4, -0.2) is 0 Å². The molecule has 214 valence electrons. The minimum atomic E-state index is 0.624. The van der Waals surface area contributed by atoms with Crippen LogP contribution in [0.3, 0.4) is 0 Å². The highest BCUT2D eigenvalue weighted by molar-refractivity contribution is 6.15. The van der Waals surface area contributed by atoms with E-state index < -0.39 is 0 Å². The number of fused-ring (bicyclic) bond motifs is 6. The Morgan fingerprint density at radius 2 is 1.04 bits per heavy atom. The van der Waals surface area contributed by atoms with E-state index in [4.69, 9.17) is 8.83 Å². The first-order valence-corrected chi connectivity index (χ1v) is 15.3. The van der Waals surface area contributed by atoms with Crippen molar-refractivity contribution in [3.63, 3.8) is 0 Å². The molecule has 0 fully saturated rings. The van der Waals surface area contributed by atoms with E-state index in [-0.39, 0.29) is 0 Å². The number of hydrogen-bond donors (Lipinski definition) is 0. The number of para-hydroxylation sites is 2. The summed E-state index contributed by atoms with van der Waals surface area (Å²) in [6, 6.07) is 54.4. The molecule has 0 radical (unpaired) electrons. The second kappa shape index (κ2) is 10.4. The fourth-order valence-electron chi connectivity index (χ4n) is 6.83. The van der Waals surface area contributed by atoms with Gasteiger partial charge in [0.1, 0.15) is 22.3 Å². The van der Waals surface area contributed by atoms with Crippen LogP contribution in [0.4, 0.5) is 0 Å². The average Bonchev–Trinajstić information content (AvgIpc) is 3.69. The molecular formula is C43H25NO2. The van der Waals surface area contributed by atoms with Crippen LogP contribution in [0.2, 0.25) is 0 Å². The van der Waals surface area contributed by atoms with Gasteiger partial charge in [0.2, 0.25) is 0 Å². The molecule has 0 bridgehead atoms. The zero-order chi connectivity index (χ0) is 30.6. The van der Waals surface area contributed by atoms with Gasteiger partial charge in [0.15, 0.2) is 0 Å². The minimum Gasteiger partial charge on any atom is -0.456 e. The van der Waals surface area contributed by atoms with Gasteiger partial charge in [0.25, 0.3) is 0 Å². The monoisotopic (exact) mass is 587 g/mol. The molecule has 7 aromatic carbocycles. The summed E-state index contributed by atoms with van der Waals surface area (Å²) in [4.78, 5) is 0. The number of nitriles is 1. The van der Waals surface area contributed by atoms with E-state index in [0.29, 0.717) is 5.56 Å². The predicted molar refractivity (Wildman–Crippen MR) is 187 cm³/mol. The van der Waals surface area contributed by atoms with E-state index >= 15 is 0 Å². The maximum absolute atomic E-state index is 9.75. The number of furan rings is 2. The maximum Gasteiger partial charge on any atom is 0.136 e. The highest BCUT2D eigenvalue weighted by Crippen LogP contribution is 2.47. The van der Waals surface area contributed by atoms with Crippen molar-refractivity contribution in [2.24, 2.45) is 0 Å². The second-order valence-corrected chi connectivity index (χ2v) is 11.6. The largest absolute Gasteiger partial charge is 0.456 e. The number of benzene rings is 7. The third-order valence-electron chi connectivity index (χ3n) is 8.91. The summed E-state index contributed by atoms with van der Waals surface area (Å²) in [6.45, 7) is 0. The summed E-state index contributed by atoms with van der Waals surface area (Å²) in [7, 11) is 0. The van der Waals surface area contributed by atoms with Gasteiger partial charge in [0, 0.05) is 21.5 Å². The smallest absolute Gasteiger partial charge is 0.136 e. The molecule has 9 aromatic rings. The van der Waals surface area contributed by atoms with Gasteiger partial charge in [0.05, 0.1) is 11.6 Å². The molecule has 2 heterocycles. The van der Waals surface area contributed by atoms with Crippen molar-refractivity contribution in [1.29, 1.82) is 5.26 Å². The summed E-state index contributed by atoms with van der Waals surface area (Å²) < 4.78 is 12.7. The predicted octanol–water partition coefficient (Wildman–Crippen LogP) is 12.0. The van der Waals surface area contributed by atoms with Gasteiger partial charge in [-0.15, -0.1) is 0 Å². The number of nitrogens with zero attached hydrogens (tertiary/aromatic N) is 1. The molecule has 0 aliphatic heterocycles. The second-order valence-electron chi connectivity index (χ2n) is 11.6. The Labute approximate surface area is 265 Å². The molecule has 2 aromatic heterocycles. The van der Waals surface area contributed by atoms with Crippen LogP contribution in [0.1, 0.15) is 5.56 Å². The van der Waals surface area contributed by atoms with E-state index in [1.54, 1.807) is 0 Å². The van der Waals surface area contributed by atoms with E-state index in [1.807, 2.05) is 54.6 Å². The SMILES string of the molecule is N#Cc1cccc(-c2cc(-c3ccc4c(c3)oc3ccccc34)c(-c3ccccc3)c(-c3cccc4oc5ccccc5c34)c2)c1. The first kappa shape index (κ1) is 26.1. The van der Waals surface area contributed by atoms with E-state index in [2.05, 4.69) is 103 Å². The first-order chi connectivity index (χ1) is 22.7. The standard InChI is InChI=1S/C43H25NO2/c44-26-27-10-8-13-29(22-27)31-23-36(30-20-21-33-32-14-4-6-17-38(32)46-41(33)25-30)42(28-11-2-1-3-12-28)37(24-31)34-16-9-19-40-43(34)35-15-5-7-18-39(35)45-40/h1-25H. The first-order valence-electron chi connectivity index (χ1n) is 15.3. The van der Waals surface area contributed by atoms with Crippen LogP contribution in [0, 0.1) is 11.3 Å². The molecule has 3 nitrogen and oxygen atoms in total. The van der Waals surface area contributed by atoms with Gasteiger partial charge in [-0.3, -0.25) is 0 Å². The van der Waals surface area contributed by atoms with E-state index in [9.17, 15) is 5.26 Å². The minimum absolute atomic E-state index is 0.624. The zero-order valence-electron chi connectivity index (χ0n) is 24.7. The summed E-state index contributed by atoms with van der Waals surface area (Å²) in [5, 5.41) is 14.1. The molecule has 0 saturated heterocycles. The highest BCUT2D eigenvalue weighted by Gasteiger charge is 2.21. The molecule has 0 atom stereocenters. The fraction of sp³-hybridized carbons (Fsp3) is 0. The Morgan fingerprint density at radius 3 is 1.89 bits per heavy atom. The molecule has 0 saturated carbocycles. The van der Waals surface area contributed by atoms with Crippen molar-refractivity contribution in [3.8, 4) is 50.6 Å². The van der Waals surface area contributed by atoms with E-state index in [0.717, 1.165) is 88.4 Å². The summed E-state index contributed by atoms with van der Waals surface area (Å²) in [5.41, 5.74) is 12.6. The van der Waals surface area contributed by atoms with E-state index in [1.165, 1.54) is 0 Å². The van der Waals surface area contributed by atoms with Crippen LogP contribution in [0.15, 0.2) is 160 Å². The summed E-state index contributed by atoms with van der Waals surface area (Å²) in [5.74, 6) is 0. The van der Waals surface area contributed by atoms with Crippen LogP contribution in [0.25, 0.3) is 88.4 Å². The van der Waals surface area contributed by atoms with Crippen molar-refractivity contribution in [3.05, 3.63) is 157 Å². The molecule has 0 unspecified atom stereocenters. The van der Waals surface area contributed by atoms with Gasteiger partial charge in [-0.25, -0.2) is 0 Å². The molecule has 0 spiro atoms. The normalized spacial score (nSPS) is 11.5. The van der Waals surface area contributed by atoms with Crippen LogP contribution in [-0.2, 0) is 0 Å². The number of hydrogen-bond acceptors (Lipinski definition) is 3. The van der Waals surface area contributed by atoms with Crippen molar-refractivity contribution in [2.75, 3.05) is 0 Å². The number of rotatable bonds is 4. The fourth-order valence-corrected chi connectivity index (χ4v) is 6.83.